The molecule has 4 aromatic carbocycles. The highest BCUT2D eigenvalue weighted by Crippen LogP contribution is 2.44. The summed E-state index contributed by atoms with van der Waals surface area (Å²) in [5.74, 6) is -0.263. The molecule has 3 heteroatoms. The number of fused-ring (bicyclic) bond motifs is 3. The van der Waals surface area contributed by atoms with Crippen molar-refractivity contribution in [2.24, 2.45) is 0 Å². The molecule has 148 valence electrons. The Labute approximate surface area is 175 Å². The van der Waals surface area contributed by atoms with Crippen LogP contribution in [0.4, 0.5) is 10.1 Å². The number of hydrogen-bond donors (Lipinski definition) is 0. The first-order valence-electron chi connectivity index (χ1n) is 10.2. The number of benzene rings is 4. The van der Waals surface area contributed by atoms with Crippen molar-refractivity contribution in [2.75, 3.05) is 4.90 Å². The van der Waals surface area contributed by atoms with Crippen LogP contribution < -0.4 is 4.90 Å². The third-order valence-corrected chi connectivity index (χ3v) is 6.00. The molecule has 0 fully saturated rings. The fourth-order valence-corrected chi connectivity index (χ4v) is 4.44. The van der Waals surface area contributed by atoms with Crippen LogP contribution in [0.15, 0.2) is 84.9 Å². The van der Waals surface area contributed by atoms with E-state index < -0.39 is 0 Å². The van der Waals surface area contributed by atoms with Gasteiger partial charge in [-0.2, -0.15) is 0 Å². The number of amides is 1. The molecule has 2 nitrogen and oxygen atoms in total. The van der Waals surface area contributed by atoms with Crippen molar-refractivity contribution in [1.29, 1.82) is 0 Å². The van der Waals surface area contributed by atoms with Crippen molar-refractivity contribution in [3.8, 4) is 0 Å². The molecule has 0 aromatic heterocycles. The lowest BCUT2D eigenvalue weighted by Crippen LogP contribution is -2.36. The summed E-state index contributed by atoms with van der Waals surface area (Å²) >= 11 is 0. The molecule has 1 heterocycles. The van der Waals surface area contributed by atoms with E-state index in [0.717, 1.165) is 33.2 Å². The second-order valence-corrected chi connectivity index (χ2v) is 7.99. The maximum atomic E-state index is 13.5. The number of anilines is 1. The SMILES string of the molecule is Cc1ccc(CN2C(=O)CC(c3ccc(F)cc3)c3c2ccc2ccccc32)cc1. The van der Waals surface area contributed by atoms with Crippen LogP contribution in [0.5, 0.6) is 0 Å². The molecule has 1 unspecified atom stereocenters. The summed E-state index contributed by atoms with van der Waals surface area (Å²) in [6.45, 7) is 2.60. The van der Waals surface area contributed by atoms with E-state index in [-0.39, 0.29) is 17.6 Å². The Balaban J connectivity index is 1.66. The lowest BCUT2D eigenvalue weighted by Gasteiger charge is -2.35. The molecular formula is C27H22FNO. The van der Waals surface area contributed by atoms with Crippen LogP contribution in [0.25, 0.3) is 10.8 Å². The fraction of sp³-hybridized carbons (Fsp3) is 0.148. The van der Waals surface area contributed by atoms with E-state index in [1.807, 2.05) is 17.0 Å². The Morgan fingerprint density at radius 1 is 0.900 bits per heavy atom. The molecule has 1 aliphatic rings. The van der Waals surface area contributed by atoms with Crippen LogP contribution in [0.1, 0.15) is 34.6 Å². The largest absolute Gasteiger partial charge is 0.308 e. The molecule has 0 aliphatic carbocycles. The molecule has 4 aromatic rings. The standard InChI is InChI=1S/C27H22FNO/c1-18-6-8-19(9-7-18)17-29-25-15-12-20-4-2-3-5-23(20)27(25)24(16-26(29)30)21-10-13-22(28)14-11-21/h2-15,24H,16-17H2,1H3. The smallest absolute Gasteiger partial charge is 0.228 e. The highest BCUT2D eigenvalue weighted by molar-refractivity contribution is 6.03. The number of aryl methyl sites for hydroxylation is 1. The van der Waals surface area contributed by atoms with Crippen molar-refractivity contribution < 1.29 is 9.18 Å². The van der Waals surface area contributed by atoms with E-state index >= 15 is 0 Å². The molecule has 0 bridgehead atoms. The number of rotatable bonds is 3. The Hall–Kier alpha value is -3.46. The zero-order valence-electron chi connectivity index (χ0n) is 16.8. The average Bonchev–Trinajstić information content (AvgIpc) is 2.77. The van der Waals surface area contributed by atoms with E-state index in [1.165, 1.54) is 17.7 Å². The molecule has 1 amide bonds. The van der Waals surface area contributed by atoms with Gasteiger partial charge in [-0.1, -0.05) is 72.3 Å². The second-order valence-electron chi connectivity index (χ2n) is 7.99. The normalized spacial score (nSPS) is 16.0. The van der Waals surface area contributed by atoms with Crippen molar-refractivity contribution in [3.63, 3.8) is 0 Å². The van der Waals surface area contributed by atoms with E-state index in [2.05, 4.69) is 55.5 Å². The van der Waals surface area contributed by atoms with Gasteiger partial charge in [-0.15, -0.1) is 0 Å². The van der Waals surface area contributed by atoms with Gasteiger partial charge in [-0.05, 0) is 52.6 Å². The summed E-state index contributed by atoms with van der Waals surface area (Å²) in [5, 5.41) is 2.29. The Kier molecular flexibility index (Phi) is 4.59. The molecule has 0 N–H and O–H groups in total. The van der Waals surface area contributed by atoms with Crippen molar-refractivity contribution >= 4 is 22.4 Å². The summed E-state index contributed by atoms with van der Waals surface area (Å²) in [6, 6.07) is 27.3. The zero-order chi connectivity index (χ0) is 20.7. The maximum Gasteiger partial charge on any atom is 0.228 e. The van der Waals surface area contributed by atoms with Gasteiger partial charge >= 0.3 is 0 Å². The minimum Gasteiger partial charge on any atom is -0.308 e. The quantitative estimate of drug-likeness (QED) is 0.395. The second kappa shape index (κ2) is 7.42. The lowest BCUT2D eigenvalue weighted by atomic mass is 9.81. The average molecular weight is 395 g/mol. The third-order valence-electron chi connectivity index (χ3n) is 6.00. The van der Waals surface area contributed by atoms with E-state index in [0.29, 0.717) is 13.0 Å². The van der Waals surface area contributed by atoms with Gasteiger partial charge < -0.3 is 4.90 Å². The summed E-state index contributed by atoms with van der Waals surface area (Å²) < 4.78 is 13.5. The van der Waals surface area contributed by atoms with Gasteiger partial charge in [0.05, 0.1) is 6.54 Å². The van der Waals surface area contributed by atoms with Crippen molar-refractivity contribution in [2.45, 2.75) is 25.8 Å². The zero-order valence-corrected chi connectivity index (χ0v) is 16.8. The summed E-state index contributed by atoms with van der Waals surface area (Å²) in [7, 11) is 0. The monoisotopic (exact) mass is 395 g/mol. The molecule has 5 rings (SSSR count). The van der Waals surface area contributed by atoms with E-state index in [9.17, 15) is 9.18 Å². The lowest BCUT2D eigenvalue weighted by molar-refractivity contribution is -0.119. The van der Waals surface area contributed by atoms with Gasteiger partial charge in [0.1, 0.15) is 5.82 Å². The van der Waals surface area contributed by atoms with Gasteiger partial charge in [0, 0.05) is 18.0 Å². The van der Waals surface area contributed by atoms with Crippen LogP contribution in [-0.2, 0) is 11.3 Å². The first-order chi connectivity index (χ1) is 14.6. The molecule has 1 atom stereocenters. The van der Waals surface area contributed by atoms with Crippen molar-refractivity contribution in [3.05, 3.63) is 113 Å². The summed E-state index contributed by atoms with van der Waals surface area (Å²) in [5.41, 5.74) is 5.36. The molecule has 0 spiro atoms. The Bertz CT molecular complexity index is 1230. The minimum atomic E-state index is -0.264. The van der Waals surface area contributed by atoms with Crippen LogP contribution in [0.3, 0.4) is 0 Å². The van der Waals surface area contributed by atoms with Gasteiger partial charge in [0.2, 0.25) is 5.91 Å². The first-order valence-corrected chi connectivity index (χ1v) is 10.2. The minimum absolute atomic E-state index is 0.0894. The number of nitrogens with zero attached hydrogens (tertiary/aromatic N) is 1. The van der Waals surface area contributed by atoms with E-state index in [4.69, 9.17) is 0 Å². The molecule has 0 saturated heterocycles. The van der Waals surface area contributed by atoms with Crippen LogP contribution >= 0.6 is 0 Å². The molecule has 0 saturated carbocycles. The predicted molar refractivity (Wildman–Crippen MR) is 119 cm³/mol. The Morgan fingerprint density at radius 2 is 1.63 bits per heavy atom. The van der Waals surface area contributed by atoms with Crippen LogP contribution in [-0.4, -0.2) is 5.91 Å². The molecule has 1 aliphatic heterocycles. The maximum absolute atomic E-state index is 13.5. The molecule has 0 radical (unpaired) electrons. The van der Waals surface area contributed by atoms with E-state index in [1.54, 1.807) is 12.1 Å². The topological polar surface area (TPSA) is 20.3 Å². The summed E-state index contributed by atoms with van der Waals surface area (Å²) in [4.78, 5) is 15.2. The molecule has 30 heavy (non-hydrogen) atoms. The summed E-state index contributed by atoms with van der Waals surface area (Å²) in [6.07, 6.45) is 0.374. The van der Waals surface area contributed by atoms with Gasteiger partial charge in [0.15, 0.2) is 0 Å². The highest BCUT2D eigenvalue weighted by Gasteiger charge is 2.33. The number of carbonyl (C=O) groups is 1. The molecular weight excluding hydrogens is 373 g/mol. The van der Waals surface area contributed by atoms with Crippen LogP contribution in [0.2, 0.25) is 0 Å². The number of hydrogen-bond acceptors (Lipinski definition) is 1. The number of halogens is 1. The predicted octanol–water partition coefficient (Wildman–Crippen LogP) is 6.36. The van der Waals surface area contributed by atoms with Gasteiger partial charge in [-0.25, -0.2) is 4.39 Å². The van der Waals surface area contributed by atoms with Gasteiger partial charge in [0.25, 0.3) is 0 Å². The highest BCUT2D eigenvalue weighted by atomic mass is 19.1. The third kappa shape index (κ3) is 3.26. The van der Waals surface area contributed by atoms with Gasteiger partial charge in [-0.3, -0.25) is 4.79 Å². The van der Waals surface area contributed by atoms with Crippen molar-refractivity contribution in [1.82, 2.24) is 0 Å². The first kappa shape index (κ1) is 18.6. The Morgan fingerprint density at radius 3 is 2.40 bits per heavy atom. The number of carbonyl (C=O) groups excluding carboxylic acids is 1. The van der Waals surface area contributed by atoms with Crippen LogP contribution in [0, 0.1) is 12.7 Å². The fourth-order valence-electron chi connectivity index (χ4n) is 4.44.